The minimum atomic E-state index is -0.321. The van der Waals surface area contributed by atoms with E-state index in [-0.39, 0.29) is 17.7 Å². The zero-order valence-corrected chi connectivity index (χ0v) is 19.6. The second-order valence-electron chi connectivity index (χ2n) is 7.12. The van der Waals surface area contributed by atoms with Gasteiger partial charge in [0.25, 0.3) is 5.91 Å². The van der Waals surface area contributed by atoms with Crippen LogP contribution in [0.25, 0.3) is 6.08 Å². The van der Waals surface area contributed by atoms with Gasteiger partial charge in [-0.1, -0.05) is 18.2 Å². The van der Waals surface area contributed by atoms with Crippen LogP contribution >= 0.6 is 11.3 Å². The molecule has 1 aromatic heterocycles. The minimum Gasteiger partial charge on any atom is -0.339 e. The summed E-state index contributed by atoms with van der Waals surface area (Å²) in [5, 5.41) is 5.08. The second kappa shape index (κ2) is 11.2. The molecule has 3 amide bonds. The van der Waals surface area contributed by atoms with E-state index in [2.05, 4.69) is 10.3 Å². The third-order valence-electron chi connectivity index (χ3n) is 4.89. The maximum atomic E-state index is 12.4. The van der Waals surface area contributed by atoms with E-state index in [1.807, 2.05) is 44.2 Å². The van der Waals surface area contributed by atoms with Crippen LogP contribution in [0, 0.1) is 0 Å². The maximum absolute atomic E-state index is 12.4. The molecule has 0 atom stereocenters. The number of rotatable bonds is 8. The Morgan fingerprint density at radius 3 is 2.27 bits per heavy atom. The van der Waals surface area contributed by atoms with Crippen molar-refractivity contribution in [2.24, 2.45) is 0 Å². The van der Waals surface area contributed by atoms with E-state index in [1.54, 1.807) is 40.6 Å². The van der Waals surface area contributed by atoms with Crippen molar-refractivity contribution in [1.29, 1.82) is 0 Å². The van der Waals surface area contributed by atoms with Crippen LogP contribution in [0.15, 0.2) is 66.1 Å². The normalized spacial score (nSPS) is 10.8. The molecule has 0 aliphatic heterocycles. The summed E-state index contributed by atoms with van der Waals surface area (Å²) in [6, 6.07) is 16.1. The number of carbonyl (C=O) groups excluding carboxylic acids is 3. The molecule has 33 heavy (non-hydrogen) atoms. The number of hydrogen-bond acceptors (Lipinski definition) is 5. The molecule has 7 nitrogen and oxygen atoms in total. The molecular formula is C25H26N4O3S. The van der Waals surface area contributed by atoms with Crippen LogP contribution in [-0.2, 0) is 9.59 Å². The average Bonchev–Trinajstić information content (AvgIpc) is 3.28. The van der Waals surface area contributed by atoms with Gasteiger partial charge in [0.1, 0.15) is 0 Å². The Morgan fingerprint density at radius 1 is 1.00 bits per heavy atom. The fourth-order valence-corrected chi connectivity index (χ4v) is 4.05. The molecule has 3 aromatic rings. The van der Waals surface area contributed by atoms with Crippen molar-refractivity contribution in [3.63, 3.8) is 0 Å². The highest BCUT2D eigenvalue weighted by molar-refractivity contribution is 7.14. The topological polar surface area (TPSA) is 82.6 Å². The van der Waals surface area contributed by atoms with E-state index in [9.17, 15) is 14.4 Å². The number of nitrogens with zero attached hydrogens (tertiary/aromatic N) is 3. The molecule has 0 unspecified atom stereocenters. The van der Waals surface area contributed by atoms with E-state index in [0.717, 1.165) is 5.69 Å². The molecule has 170 valence electrons. The molecule has 3 rings (SSSR count). The number of carbonyl (C=O) groups is 3. The molecule has 8 heteroatoms. The Balaban J connectivity index is 1.64. The van der Waals surface area contributed by atoms with E-state index in [4.69, 9.17) is 0 Å². The summed E-state index contributed by atoms with van der Waals surface area (Å²) in [6.07, 6.45) is 2.98. The van der Waals surface area contributed by atoms with Gasteiger partial charge >= 0.3 is 0 Å². The van der Waals surface area contributed by atoms with Crippen LogP contribution in [0.4, 0.5) is 16.5 Å². The highest BCUT2D eigenvalue weighted by Gasteiger charge is 2.17. The van der Waals surface area contributed by atoms with Crippen molar-refractivity contribution in [2.45, 2.75) is 20.8 Å². The van der Waals surface area contributed by atoms with Crippen LogP contribution in [0.1, 0.15) is 36.8 Å². The third-order valence-corrected chi connectivity index (χ3v) is 5.73. The van der Waals surface area contributed by atoms with Crippen LogP contribution in [0.3, 0.4) is 0 Å². The number of aromatic nitrogens is 1. The van der Waals surface area contributed by atoms with Gasteiger partial charge in [-0.15, -0.1) is 11.3 Å². The molecule has 0 saturated carbocycles. The summed E-state index contributed by atoms with van der Waals surface area (Å²) in [5.74, 6) is -0.502. The Labute approximate surface area is 197 Å². The molecule has 0 bridgehead atoms. The lowest BCUT2D eigenvalue weighted by atomic mass is 10.1. The lowest BCUT2D eigenvalue weighted by Crippen LogP contribution is -2.30. The molecule has 2 aromatic carbocycles. The van der Waals surface area contributed by atoms with E-state index in [1.165, 1.54) is 29.2 Å². The number of benzene rings is 2. The van der Waals surface area contributed by atoms with Crippen molar-refractivity contribution in [1.82, 2.24) is 9.88 Å². The third kappa shape index (κ3) is 6.14. The number of hydrogen-bond donors (Lipinski definition) is 1. The first-order chi connectivity index (χ1) is 15.9. The number of thiazole rings is 1. The summed E-state index contributed by atoms with van der Waals surface area (Å²) in [6.45, 7) is 6.65. The highest BCUT2D eigenvalue weighted by atomic mass is 32.1. The summed E-state index contributed by atoms with van der Waals surface area (Å²) in [7, 11) is 0. The zero-order valence-electron chi connectivity index (χ0n) is 18.8. The summed E-state index contributed by atoms with van der Waals surface area (Å²) in [4.78, 5) is 44.6. The lowest BCUT2D eigenvalue weighted by Gasteiger charge is -2.18. The van der Waals surface area contributed by atoms with Crippen molar-refractivity contribution in [2.75, 3.05) is 23.3 Å². The molecular weight excluding hydrogens is 436 g/mol. The standard InChI is InChI=1S/C25H26N4O3S/c1-4-28(5-2)24(32)19-11-13-20(14-12-19)26-23(31)16-15-21-17-33-25(27-21)29(18(3)30)22-9-7-6-8-10-22/h6-17H,4-5H2,1-3H3,(H,26,31)/b16-15+. The summed E-state index contributed by atoms with van der Waals surface area (Å²) in [5.41, 5.74) is 2.48. The number of amides is 3. The Bertz CT molecular complexity index is 1140. The maximum Gasteiger partial charge on any atom is 0.253 e. The summed E-state index contributed by atoms with van der Waals surface area (Å²) >= 11 is 1.32. The molecule has 0 spiro atoms. The van der Waals surface area contributed by atoms with E-state index in [0.29, 0.717) is 35.2 Å². The van der Waals surface area contributed by atoms with Gasteiger partial charge in [0.15, 0.2) is 5.13 Å². The predicted octanol–water partition coefficient (Wildman–Crippen LogP) is 4.96. The highest BCUT2D eigenvalue weighted by Crippen LogP contribution is 2.29. The first-order valence-electron chi connectivity index (χ1n) is 10.6. The molecule has 0 aliphatic rings. The van der Waals surface area contributed by atoms with Gasteiger partial charge in [-0.2, -0.15) is 0 Å². The van der Waals surface area contributed by atoms with Gasteiger partial charge in [-0.25, -0.2) is 4.98 Å². The van der Waals surface area contributed by atoms with Crippen LogP contribution in [0.2, 0.25) is 0 Å². The first kappa shape index (κ1) is 23.9. The predicted molar refractivity (Wildman–Crippen MR) is 133 cm³/mol. The van der Waals surface area contributed by atoms with E-state index < -0.39 is 0 Å². The van der Waals surface area contributed by atoms with Gasteiger partial charge in [0, 0.05) is 42.7 Å². The van der Waals surface area contributed by atoms with Gasteiger partial charge < -0.3 is 10.2 Å². The van der Waals surface area contributed by atoms with Crippen molar-refractivity contribution in [3.8, 4) is 0 Å². The van der Waals surface area contributed by atoms with Crippen molar-refractivity contribution >= 4 is 51.6 Å². The molecule has 0 aliphatic carbocycles. The molecule has 1 heterocycles. The first-order valence-corrected chi connectivity index (χ1v) is 11.5. The summed E-state index contributed by atoms with van der Waals surface area (Å²) < 4.78 is 0. The Kier molecular flexibility index (Phi) is 8.10. The minimum absolute atomic E-state index is 0.0350. The quantitative estimate of drug-likeness (QED) is 0.480. The van der Waals surface area contributed by atoms with E-state index >= 15 is 0 Å². The van der Waals surface area contributed by atoms with Crippen LogP contribution in [-0.4, -0.2) is 40.7 Å². The second-order valence-corrected chi connectivity index (χ2v) is 7.96. The average molecular weight is 463 g/mol. The van der Waals surface area contributed by atoms with Gasteiger partial charge in [0.2, 0.25) is 11.8 Å². The SMILES string of the molecule is CCN(CC)C(=O)c1ccc(NC(=O)/C=C/c2csc(N(C(C)=O)c3ccccc3)n2)cc1. The lowest BCUT2D eigenvalue weighted by molar-refractivity contribution is -0.116. The Hall–Kier alpha value is -3.78. The Morgan fingerprint density at radius 2 is 1.67 bits per heavy atom. The monoisotopic (exact) mass is 462 g/mol. The fourth-order valence-electron chi connectivity index (χ4n) is 3.19. The largest absolute Gasteiger partial charge is 0.339 e. The molecule has 0 radical (unpaired) electrons. The number of para-hydroxylation sites is 1. The molecule has 0 fully saturated rings. The smallest absolute Gasteiger partial charge is 0.253 e. The molecule has 1 N–H and O–H groups in total. The number of nitrogens with one attached hydrogen (secondary N) is 1. The van der Waals surface area contributed by atoms with Crippen molar-refractivity contribution in [3.05, 3.63) is 77.3 Å². The van der Waals surface area contributed by atoms with Gasteiger partial charge in [-0.05, 0) is 56.3 Å². The van der Waals surface area contributed by atoms with Gasteiger partial charge in [-0.3, -0.25) is 19.3 Å². The molecule has 0 saturated heterocycles. The van der Waals surface area contributed by atoms with Crippen LogP contribution < -0.4 is 10.2 Å². The number of anilines is 3. The fraction of sp³-hybridized carbons (Fsp3) is 0.200. The van der Waals surface area contributed by atoms with Gasteiger partial charge in [0.05, 0.1) is 11.4 Å². The zero-order chi connectivity index (χ0) is 23.8. The van der Waals surface area contributed by atoms with Crippen molar-refractivity contribution < 1.29 is 14.4 Å². The van der Waals surface area contributed by atoms with Crippen LogP contribution in [0.5, 0.6) is 0 Å².